The normalized spacial score (nSPS) is 13.9. The number of aliphatic hydroxyl groups is 1. The Labute approximate surface area is 163 Å². The second kappa shape index (κ2) is 7.85. The average Bonchev–Trinajstić information content (AvgIpc) is 3.13. The summed E-state index contributed by atoms with van der Waals surface area (Å²) < 4.78 is 0. The number of nitrogens with one attached hydrogen (secondary N) is 3. The first-order chi connectivity index (χ1) is 13.6. The average molecular weight is 380 g/mol. The van der Waals surface area contributed by atoms with Crippen molar-refractivity contribution in [3.63, 3.8) is 0 Å². The number of aliphatic hydroxyl groups excluding tert-OH is 1. The fourth-order valence-electron chi connectivity index (χ4n) is 3.16. The molecule has 1 aromatic carbocycles. The highest BCUT2D eigenvalue weighted by Gasteiger charge is 2.19. The fraction of sp³-hybridized carbons (Fsp3) is 0.350. The van der Waals surface area contributed by atoms with Crippen LogP contribution in [0.2, 0.25) is 0 Å². The number of hydrogen-bond donors (Lipinski definition) is 4. The molecule has 4 N–H and O–H groups in total. The van der Waals surface area contributed by atoms with Gasteiger partial charge in [0.05, 0.1) is 18.4 Å². The topological polar surface area (TPSA) is 106 Å². The largest absolute Gasteiger partial charge is 0.396 e. The Hall–Kier alpha value is -3.13. The molecule has 8 heteroatoms. The summed E-state index contributed by atoms with van der Waals surface area (Å²) >= 11 is 0. The van der Waals surface area contributed by atoms with Crippen molar-refractivity contribution in [3.8, 4) is 0 Å². The molecule has 1 aliphatic carbocycles. The number of anilines is 4. The van der Waals surface area contributed by atoms with Gasteiger partial charge in [0, 0.05) is 30.7 Å². The van der Waals surface area contributed by atoms with E-state index in [4.69, 9.17) is 5.11 Å². The minimum Gasteiger partial charge on any atom is -0.396 e. The first kappa shape index (κ1) is 18.2. The molecule has 146 valence electrons. The van der Waals surface area contributed by atoms with E-state index in [1.165, 1.54) is 24.2 Å². The van der Waals surface area contributed by atoms with Crippen LogP contribution < -0.4 is 15.5 Å². The third kappa shape index (κ3) is 3.77. The molecule has 28 heavy (non-hydrogen) atoms. The van der Waals surface area contributed by atoms with E-state index in [1.807, 2.05) is 36.5 Å². The zero-order chi connectivity index (χ0) is 19.5. The minimum absolute atomic E-state index is 0.108. The maximum atomic E-state index is 11.9. The molecule has 3 aromatic rings. The molecule has 2 heterocycles. The lowest BCUT2D eigenvalue weighted by atomic mass is 9.93. The lowest BCUT2D eigenvalue weighted by Crippen LogP contribution is -2.27. The van der Waals surface area contributed by atoms with Gasteiger partial charge in [-0.15, -0.1) is 0 Å². The van der Waals surface area contributed by atoms with Gasteiger partial charge in [-0.1, -0.05) is 0 Å². The molecule has 1 aliphatic rings. The molecule has 1 saturated carbocycles. The van der Waals surface area contributed by atoms with Crippen molar-refractivity contribution < 1.29 is 9.90 Å². The van der Waals surface area contributed by atoms with E-state index in [1.54, 1.807) is 7.05 Å². The second-order valence-corrected chi connectivity index (χ2v) is 7.01. The summed E-state index contributed by atoms with van der Waals surface area (Å²) in [5, 5.41) is 16.6. The molecule has 8 nitrogen and oxygen atoms in total. The number of amides is 1. The number of hydrogen-bond acceptors (Lipinski definition) is 6. The van der Waals surface area contributed by atoms with Gasteiger partial charge in [0.1, 0.15) is 11.5 Å². The van der Waals surface area contributed by atoms with Crippen molar-refractivity contribution in [2.24, 2.45) is 0 Å². The molecule has 0 bridgehead atoms. The predicted octanol–water partition coefficient (Wildman–Crippen LogP) is 3.01. The van der Waals surface area contributed by atoms with E-state index < -0.39 is 0 Å². The van der Waals surface area contributed by atoms with Crippen LogP contribution in [0.5, 0.6) is 0 Å². The van der Waals surface area contributed by atoms with Gasteiger partial charge in [-0.2, -0.15) is 9.97 Å². The molecule has 0 atom stereocenters. The van der Waals surface area contributed by atoms with Gasteiger partial charge in [-0.05, 0) is 49.6 Å². The molecule has 0 radical (unpaired) electrons. The van der Waals surface area contributed by atoms with Crippen LogP contribution >= 0.6 is 0 Å². The molecule has 0 saturated heterocycles. The van der Waals surface area contributed by atoms with Gasteiger partial charge in [0.25, 0.3) is 0 Å². The van der Waals surface area contributed by atoms with Crippen LogP contribution in [0.4, 0.5) is 23.1 Å². The molecular weight excluding hydrogens is 356 g/mol. The third-order valence-electron chi connectivity index (χ3n) is 5.07. The molecule has 0 unspecified atom stereocenters. The Balaban J connectivity index is 1.52. The van der Waals surface area contributed by atoms with Crippen molar-refractivity contribution in [1.82, 2.24) is 15.0 Å². The van der Waals surface area contributed by atoms with E-state index >= 15 is 0 Å². The summed E-state index contributed by atoms with van der Waals surface area (Å²) in [5.74, 6) is 1.22. The Morgan fingerprint density at radius 3 is 2.71 bits per heavy atom. The number of H-pyrrole nitrogens is 1. The van der Waals surface area contributed by atoms with Gasteiger partial charge in [0.2, 0.25) is 11.9 Å². The first-order valence-corrected chi connectivity index (χ1v) is 9.50. The third-order valence-corrected chi connectivity index (χ3v) is 5.07. The lowest BCUT2D eigenvalue weighted by Gasteiger charge is -2.27. The zero-order valence-corrected chi connectivity index (χ0v) is 15.8. The number of fused-ring (bicyclic) bond motifs is 1. The van der Waals surface area contributed by atoms with Crippen molar-refractivity contribution in [1.29, 1.82) is 0 Å². The fourth-order valence-corrected chi connectivity index (χ4v) is 3.16. The van der Waals surface area contributed by atoms with Crippen LogP contribution in [0, 0.1) is 0 Å². The Bertz CT molecular complexity index is 964. The quantitative estimate of drug-likeness (QED) is 0.502. The molecular formula is C20H24N6O2. The van der Waals surface area contributed by atoms with E-state index in [9.17, 15) is 4.79 Å². The SMILES string of the molecule is CN(C(=O)CCO)c1ccc(Nc2nc(NC3CCC3)c3cc[nH]c3n2)cc1. The van der Waals surface area contributed by atoms with Crippen molar-refractivity contribution in [2.45, 2.75) is 31.7 Å². The number of benzene rings is 1. The van der Waals surface area contributed by atoms with Gasteiger partial charge in [-0.25, -0.2) is 0 Å². The second-order valence-electron chi connectivity index (χ2n) is 7.01. The summed E-state index contributed by atoms with van der Waals surface area (Å²) in [6.45, 7) is -0.154. The van der Waals surface area contributed by atoms with Gasteiger partial charge >= 0.3 is 0 Å². The summed E-state index contributed by atoms with van der Waals surface area (Å²) in [7, 11) is 1.70. The zero-order valence-electron chi connectivity index (χ0n) is 15.8. The van der Waals surface area contributed by atoms with Crippen molar-refractivity contribution >= 4 is 40.1 Å². The predicted molar refractivity (Wildman–Crippen MR) is 110 cm³/mol. The van der Waals surface area contributed by atoms with Gasteiger partial charge < -0.3 is 25.6 Å². The number of nitrogens with zero attached hydrogens (tertiary/aromatic N) is 3. The standard InChI is InChI=1S/C20H24N6O2/c1-26(17(28)10-12-27)15-7-5-14(6-8-15)23-20-24-18-16(9-11-21-18)19(25-20)22-13-3-2-4-13/h5-9,11,13,27H,2-4,10,12H2,1H3,(H3,21,22,23,24,25). The molecule has 0 aliphatic heterocycles. The number of carbonyl (C=O) groups excluding carboxylic acids is 1. The minimum atomic E-state index is -0.154. The number of aromatic nitrogens is 3. The Morgan fingerprint density at radius 2 is 2.04 bits per heavy atom. The Morgan fingerprint density at radius 1 is 1.25 bits per heavy atom. The van der Waals surface area contributed by atoms with Gasteiger partial charge in [0.15, 0.2) is 0 Å². The highest BCUT2D eigenvalue weighted by Crippen LogP contribution is 2.28. The summed E-state index contributed by atoms with van der Waals surface area (Å²) in [6.07, 6.45) is 5.57. The maximum absolute atomic E-state index is 11.9. The van der Waals surface area contributed by atoms with E-state index in [0.717, 1.165) is 28.2 Å². The molecule has 4 rings (SSSR count). The monoisotopic (exact) mass is 380 g/mol. The highest BCUT2D eigenvalue weighted by atomic mass is 16.3. The molecule has 0 spiro atoms. The number of rotatable bonds is 7. The van der Waals surface area contributed by atoms with Crippen molar-refractivity contribution in [2.75, 3.05) is 29.2 Å². The van der Waals surface area contributed by atoms with Crippen LogP contribution in [-0.4, -0.2) is 45.7 Å². The number of carbonyl (C=O) groups is 1. The van der Waals surface area contributed by atoms with E-state index in [0.29, 0.717) is 12.0 Å². The summed E-state index contributed by atoms with van der Waals surface area (Å²) in [5.41, 5.74) is 2.37. The van der Waals surface area contributed by atoms with Crippen molar-refractivity contribution in [3.05, 3.63) is 36.5 Å². The Kier molecular flexibility index (Phi) is 5.12. The maximum Gasteiger partial charge on any atom is 0.231 e. The van der Waals surface area contributed by atoms with Crippen LogP contribution in [0.15, 0.2) is 36.5 Å². The first-order valence-electron chi connectivity index (χ1n) is 9.50. The van der Waals surface area contributed by atoms with Crippen LogP contribution in [0.25, 0.3) is 11.0 Å². The summed E-state index contributed by atoms with van der Waals surface area (Å²) in [4.78, 5) is 25.8. The van der Waals surface area contributed by atoms with Gasteiger partial charge in [-0.3, -0.25) is 4.79 Å². The molecule has 1 amide bonds. The lowest BCUT2D eigenvalue weighted by molar-refractivity contribution is -0.118. The van der Waals surface area contributed by atoms with Crippen LogP contribution in [0.1, 0.15) is 25.7 Å². The molecule has 2 aromatic heterocycles. The number of aromatic amines is 1. The molecule has 1 fully saturated rings. The van der Waals surface area contributed by atoms with E-state index in [-0.39, 0.29) is 18.9 Å². The van der Waals surface area contributed by atoms with Crippen LogP contribution in [-0.2, 0) is 4.79 Å². The summed E-state index contributed by atoms with van der Waals surface area (Å²) in [6, 6.07) is 9.90. The van der Waals surface area contributed by atoms with Crippen LogP contribution in [0.3, 0.4) is 0 Å². The van der Waals surface area contributed by atoms with E-state index in [2.05, 4.69) is 25.6 Å². The highest BCUT2D eigenvalue weighted by molar-refractivity contribution is 5.93. The smallest absolute Gasteiger partial charge is 0.231 e.